The molecule has 0 saturated carbocycles. The molecule has 2 nitrogen and oxygen atoms in total. The summed E-state index contributed by atoms with van der Waals surface area (Å²) in [4.78, 5) is 0.618. The van der Waals surface area contributed by atoms with Gasteiger partial charge >= 0.3 is 0 Å². The van der Waals surface area contributed by atoms with E-state index in [0.717, 1.165) is 38.4 Å². The van der Waals surface area contributed by atoms with Gasteiger partial charge in [0.1, 0.15) is 5.75 Å². The Morgan fingerprint density at radius 2 is 2.12 bits per heavy atom. The fourth-order valence-electron chi connectivity index (χ4n) is 2.09. The maximum atomic E-state index is 5.68. The SMILES string of the molecule is BrC1CCOCC1CCCOc1ccccc1. The number of para-hydroxylation sites is 1. The topological polar surface area (TPSA) is 18.5 Å². The first-order chi connectivity index (χ1) is 8.36. The van der Waals surface area contributed by atoms with Gasteiger partial charge in [-0.25, -0.2) is 0 Å². The fourth-order valence-corrected chi connectivity index (χ4v) is 2.69. The zero-order valence-corrected chi connectivity index (χ0v) is 11.6. The second kappa shape index (κ2) is 7.02. The summed E-state index contributed by atoms with van der Waals surface area (Å²) in [6.07, 6.45) is 3.39. The molecule has 1 aliphatic heterocycles. The molecule has 0 amide bonds. The summed E-state index contributed by atoms with van der Waals surface area (Å²) in [7, 11) is 0. The van der Waals surface area contributed by atoms with Crippen molar-refractivity contribution in [1.29, 1.82) is 0 Å². The standard InChI is InChI=1S/C14H19BrO2/c15-14-8-10-16-11-12(14)5-4-9-17-13-6-2-1-3-7-13/h1-3,6-7,12,14H,4-5,8-11H2. The maximum absolute atomic E-state index is 5.68. The lowest BCUT2D eigenvalue weighted by Gasteiger charge is -2.27. The quantitative estimate of drug-likeness (QED) is 0.610. The Kier molecular flexibility index (Phi) is 5.33. The average Bonchev–Trinajstić information content (AvgIpc) is 2.38. The second-order valence-corrected chi connectivity index (χ2v) is 5.62. The van der Waals surface area contributed by atoms with Crippen molar-refractivity contribution in [2.45, 2.75) is 24.1 Å². The zero-order valence-electron chi connectivity index (χ0n) is 9.98. The van der Waals surface area contributed by atoms with Gasteiger partial charge in [0.2, 0.25) is 0 Å². The minimum absolute atomic E-state index is 0.618. The highest BCUT2D eigenvalue weighted by molar-refractivity contribution is 9.09. The fraction of sp³-hybridized carbons (Fsp3) is 0.571. The molecule has 2 rings (SSSR count). The zero-order chi connectivity index (χ0) is 11.9. The predicted octanol–water partition coefficient (Wildman–Crippen LogP) is 3.65. The molecule has 0 aromatic heterocycles. The van der Waals surface area contributed by atoms with Crippen molar-refractivity contribution in [2.75, 3.05) is 19.8 Å². The van der Waals surface area contributed by atoms with Gasteiger partial charge in [0.15, 0.2) is 0 Å². The van der Waals surface area contributed by atoms with Crippen LogP contribution in [0.5, 0.6) is 5.75 Å². The average molecular weight is 299 g/mol. The highest BCUT2D eigenvalue weighted by Crippen LogP contribution is 2.25. The Morgan fingerprint density at radius 3 is 2.88 bits per heavy atom. The van der Waals surface area contributed by atoms with Crippen LogP contribution in [0.25, 0.3) is 0 Å². The lowest BCUT2D eigenvalue weighted by molar-refractivity contribution is 0.0551. The minimum Gasteiger partial charge on any atom is -0.494 e. The number of halogens is 1. The summed E-state index contributed by atoms with van der Waals surface area (Å²) in [5.74, 6) is 1.60. The number of alkyl halides is 1. The molecule has 17 heavy (non-hydrogen) atoms. The molecule has 2 atom stereocenters. The van der Waals surface area contributed by atoms with Crippen LogP contribution in [0.2, 0.25) is 0 Å². The molecule has 1 fully saturated rings. The largest absolute Gasteiger partial charge is 0.494 e. The molecule has 94 valence electrons. The van der Waals surface area contributed by atoms with Crippen molar-refractivity contribution in [3.8, 4) is 5.75 Å². The van der Waals surface area contributed by atoms with E-state index in [1.807, 2.05) is 30.3 Å². The Hall–Kier alpha value is -0.540. The molecule has 1 saturated heterocycles. The first-order valence-electron chi connectivity index (χ1n) is 6.26. The predicted molar refractivity (Wildman–Crippen MR) is 72.8 cm³/mol. The Balaban J connectivity index is 1.63. The van der Waals surface area contributed by atoms with Crippen LogP contribution >= 0.6 is 15.9 Å². The van der Waals surface area contributed by atoms with E-state index >= 15 is 0 Å². The monoisotopic (exact) mass is 298 g/mol. The molecular formula is C14H19BrO2. The van der Waals surface area contributed by atoms with E-state index in [1.54, 1.807) is 0 Å². The first kappa shape index (κ1) is 12.9. The lowest BCUT2D eigenvalue weighted by atomic mass is 9.97. The number of rotatable bonds is 5. The second-order valence-electron chi connectivity index (χ2n) is 4.44. The van der Waals surface area contributed by atoms with Gasteiger partial charge in [-0.05, 0) is 37.3 Å². The summed E-state index contributed by atoms with van der Waals surface area (Å²) in [6.45, 7) is 2.58. The number of ether oxygens (including phenoxy) is 2. The van der Waals surface area contributed by atoms with E-state index < -0.39 is 0 Å². The van der Waals surface area contributed by atoms with Crippen molar-refractivity contribution in [1.82, 2.24) is 0 Å². The molecule has 1 aromatic rings. The van der Waals surface area contributed by atoms with Crippen molar-refractivity contribution in [3.63, 3.8) is 0 Å². The van der Waals surface area contributed by atoms with Gasteiger partial charge in [-0.1, -0.05) is 34.1 Å². The van der Waals surface area contributed by atoms with E-state index in [0.29, 0.717) is 10.7 Å². The molecule has 0 aliphatic carbocycles. The van der Waals surface area contributed by atoms with E-state index in [-0.39, 0.29) is 0 Å². The lowest BCUT2D eigenvalue weighted by Crippen LogP contribution is -2.27. The van der Waals surface area contributed by atoms with Crippen LogP contribution in [0.1, 0.15) is 19.3 Å². The molecule has 0 radical (unpaired) electrons. The first-order valence-corrected chi connectivity index (χ1v) is 7.17. The van der Waals surface area contributed by atoms with E-state index in [4.69, 9.17) is 9.47 Å². The van der Waals surface area contributed by atoms with Crippen LogP contribution < -0.4 is 4.74 Å². The molecule has 0 bridgehead atoms. The van der Waals surface area contributed by atoms with Crippen LogP contribution in [-0.2, 0) is 4.74 Å². The van der Waals surface area contributed by atoms with Crippen LogP contribution in [0.15, 0.2) is 30.3 Å². The third-order valence-electron chi connectivity index (χ3n) is 3.11. The maximum Gasteiger partial charge on any atom is 0.119 e. The highest BCUT2D eigenvalue weighted by atomic mass is 79.9. The molecular weight excluding hydrogens is 280 g/mol. The number of hydrogen-bond acceptors (Lipinski definition) is 2. The number of benzene rings is 1. The van der Waals surface area contributed by atoms with E-state index in [1.165, 1.54) is 6.42 Å². The van der Waals surface area contributed by atoms with Gasteiger partial charge in [-0.2, -0.15) is 0 Å². The van der Waals surface area contributed by atoms with Crippen molar-refractivity contribution >= 4 is 15.9 Å². The molecule has 0 N–H and O–H groups in total. The van der Waals surface area contributed by atoms with E-state index in [2.05, 4.69) is 15.9 Å². The van der Waals surface area contributed by atoms with Gasteiger partial charge in [0.05, 0.1) is 13.2 Å². The third kappa shape index (κ3) is 4.32. The molecule has 2 unspecified atom stereocenters. The molecule has 1 heterocycles. The summed E-state index contributed by atoms with van der Waals surface area (Å²) < 4.78 is 11.2. The third-order valence-corrected chi connectivity index (χ3v) is 4.32. The number of hydrogen-bond donors (Lipinski definition) is 0. The normalized spacial score (nSPS) is 24.5. The summed E-state index contributed by atoms with van der Waals surface area (Å²) in [5, 5.41) is 0. The smallest absolute Gasteiger partial charge is 0.119 e. The van der Waals surface area contributed by atoms with Crippen LogP contribution in [0, 0.1) is 5.92 Å². The van der Waals surface area contributed by atoms with Gasteiger partial charge in [-0.15, -0.1) is 0 Å². The summed E-state index contributed by atoms with van der Waals surface area (Å²) >= 11 is 3.73. The molecule has 3 heteroatoms. The van der Waals surface area contributed by atoms with Crippen LogP contribution in [-0.4, -0.2) is 24.6 Å². The minimum atomic E-state index is 0.618. The van der Waals surface area contributed by atoms with Gasteiger partial charge in [0, 0.05) is 11.4 Å². The van der Waals surface area contributed by atoms with E-state index in [9.17, 15) is 0 Å². The Morgan fingerprint density at radius 1 is 1.29 bits per heavy atom. The summed E-state index contributed by atoms with van der Waals surface area (Å²) in [5.41, 5.74) is 0. The highest BCUT2D eigenvalue weighted by Gasteiger charge is 2.22. The van der Waals surface area contributed by atoms with Crippen molar-refractivity contribution < 1.29 is 9.47 Å². The van der Waals surface area contributed by atoms with Crippen molar-refractivity contribution in [2.24, 2.45) is 5.92 Å². The van der Waals surface area contributed by atoms with Crippen LogP contribution in [0.3, 0.4) is 0 Å². The Labute approximate surface area is 111 Å². The molecule has 1 aliphatic rings. The van der Waals surface area contributed by atoms with Gasteiger partial charge in [-0.3, -0.25) is 0 Å². The Bertz CT molecular complexity index is 315. The van der Waals surface area contributed by atoms with Gasteiger partial charge < -0.3 is 9.47 Å². The van der Waals surface area contributed by atoms with Gasteiger partial charge in [0.25, 0.3) is 0 Å². The van der Waals surface area contributed by atoms with Crippen molar-refractivity contribution in [3.05, 3.63) is 30.3 Å². The summed E-state index contributed by atoms with van der Waals surface area (Å²) in [6, 6.07) is 9.99. The molecule has 1 aromatic carbocycles. The molecule has 0 spiro atoms. The van der Waals surface area contributed by atoms with Crippen LogP contribution in [0.4, 0.5) is 0 Å².